The smallest absolute Gasteiger partial charge is 0.399 e. The highest BCUT2D eigenvalue weighted by atomic mass is 79.9. The molecule has 0 atom stereocenters. The van der Waals surface area contributed by atoms with E-state index in [2.05, 4.69) is 429 Å². The fourth-order valence-corrected chi connectivity index (χ4v) is 17.5. The number of fused-ring (bicyclic) bond motifs is 14. The monoisotopic (exact) mass is 1450 g/mol. The molecule has 2 aromatic heterocycles. The van der Waals surface area contributed by atoms with Crippen molar-refractivity contribution in [1.29, 1.82) is 0 Å². The molecule has 0 N–H and O–H groups in total. The molecule has 1 saturated heterocycles. The van der Waals surface area contributed by atoms with Gasteiger partial charge in [0.05, 0.1) is 33.3 Å². The number of hydrogen-bond acceptors (Lipinski definition) is 2. The number of para-hydroxylation sites is 2. The molecule has 0 aliphatic carbocycles. The van der Waals surface area contributed by atoms with Crippen LogP contribution in [-0.2, 0) is 9.31 Å². The van der Waals surface area contributed by atoms with Gasteiger partial charge in [0.2, 0.25) is 0 Å². The topological polar surface area (TPSA) is 28.3 Å². The molecule has 20 aromatic rings. The standard InChI is InChI=1S/C48H31N.C34H30BNO2.C20H13Br/c1-4-16-32(17-5-1)34-28-29-42-44(30-34)49(35-20-8-3-9-21-35)45-31-43(36-22-10-11-23-37(36)48(42)45)47-40-26-14-12-24-38(40)46(33-18-6-2-7-19-33)39-25-13-15-27-41(39)47;1-33(2)34(3,4)38-35(37-33)29-22-31-32(27-18-12-11-17-26(27)29)28-20-19-24(23-13-7-5-8-14-23)21-30(28)36(31)25-15-9-6-10-16-25;21-20-17-12-6-4-10-15(17)19(14-8-2-1-3-9-14)16-11-5-7-13-18(16)20/h1-31H;5-22H,1-4H3;1-13H. The van der Waals surface area contributed by atoms with Crippen LogP contribution >= 0.6 is 15.9 Å². The Hall–Kier alpha value is -12.4. The van der Waals surface area contributed by atoms with Crippen molar-refractivity contribution in [2.45, 2.75) is 38.9 Å². The second kappa shape index (κ2) is 27.2. The molecule has 0 amide bonds. The number of benzene rings is 18. The molecule has 3 heterocycles. The van der Waals surface area contributed by atoms with E-state index in [4.69, 9.17) is 9.31 Å². The molecule has 0 bridgehead atoms. The van der Waals surface area contributed by atoms with Gasteiger partial charge in [0.25, 0.3) is 0 Å². The maximum Gasteiger partial charge on any atom is 0.495 e. The third kappa shape index (κ3) is 11.3. The molecular formula is C102H74BBrN2O2. The van der Waals surface area contributed by atoms with Gasteiger partial charge in [0, 0.05) is 37.4 Å². The second-order valence-corrected chi connectivity index (χ2v) is 30.0. The third-order valence-electron chi connectivity index (χ3n) is 22.5. The normalized spacial score (nSPS) is 13.3. The summed E-state index contributed by atoms with van der Waals surface area (Å²) in [4.78, 5) is 0. The van der Waals surface area contributed by atoms with E-state index in [-0.39, 0.29) is 0 Å². The van der Waals surface area contributed by atoms with Crippen molar-refractivity contribution in [3.8, 4) is 67.0 Å². The van der Waals surface area contributed by atoms with Crippen molar-refractivity contribution in [2.75, 3.05) is 0 Å². The van der Waals surface area contributed by atoms with Gasteiger partial charge in [-0.05, 0) is 218 Å². The van der Waals surface area contributed by atoms with Crippen molar-refractivity contribution in [3.05, 3.63) is 381 Å². The van der Waals surface area contributed by atoms with E-state index in [1.54, 1.807) is 0 Å². The van der Waals surface area contributed by atoms with Crippen LogP contribution < -0.4 is 5.46 Å². The van der Waals surface area contributed by atoms with Crippen molar-refractivity contribution in [3.63, 3.8) is 0 Å². The average molecular weight is 1450 g/mol. The Bertz CT molecular complexity index is 6730. The van der Waals surface area contributed by atoms with Crippen molar-refractivity contribution in [2.24, 2.45) is 0 Å². The summed E-state index contributed by atoms with van der Waals surface area (Å²) in [5, 5.41) is 20.1. The van der Waals surface area contributed by atoms with E-state index in [1.165, 1.54) is 157 Å². The quantitative estimate of drug-likeness (QED) is 0.112. The highest BCUT2D eigenvalue weighted by Gasteiger charge is 2.52. The SMILES string of the molecule is Brc1c2ccccc2c(-c2ccccc2)c2ccccc12.CC1(C)OB(c2cc3c(c4ccccc24)c2ccc(-c4ccccc4)cc2n3-c2ccccc2)OC1(C)C.c1ccc(-c2ccc3c4c5ccccc5c(-c5c6ccccc6c(-c6ccccc6)c6ccccc56)cc4n(-c4ccccc4)c3c2)cc1. The molecular weight excluding hydrogens is 1380 g/mol. The number of halogens is 1. The molecule has 108 heavy (non-hydrogen) atoms. The molecule has 1 fully saturated rings. The molecule has 18 aromatic carbocycles. The molecule has 6 heteroatoms. The zero-order valence-electron chi connectivity index (χ0n) is 60.5. The van der Waals surface area contributed by atoms with Gasteiger partial charge in [0.15, 0.2) is 0 Å². The first-order valence-electron chi connectivity index (χ1n) is 37.3. The van der Waals surface area contributed by atoms with Crippen molar-refractivity contribution >= 4 is 137 Å². The maximum atomic E-state index is 6.57. The zero-order valence-corrected chi connectivity index (χ0v) is 62.0. The van der Waals surface area contributed by atoms with Crippen molar-refractivity contribution < 1.29 is 9.31 Å². The first kappa shape index (κ1) is 66.3. The Kier molecular flexibility index (Phi) is 16.7. The van der Waals surface area contributed by atoms with Crippen molar-refractivity contribution in [1.82, 2.24) is 9.13 Å². The largest absolute Gasteiger partial charge is 0.495 e. The molecule has 0 radical (unpaired) electrons. The van der Waals surface area contributed by atoms with Crippen LogP contribution in [0.15, 0.2) is 381 Å². The van der Waals surface area contributed by atoms with E-state index in [0.29, 0.717) is 0 Å². The summed E-state index contributed by atoms with van der Waals surface area (Å²) in [6, 6.07) is 135. The predicted octanol–water partition coefficient (Wildman–Crippen LogP) is 27.6. The molecule has 0 unspecified atom stereocenters. The molecule has 0 spiro atoms. The predicted molar refractivity (Wildman–Crippen MR) is 464 cm³/mol. The number of hydrogen-bond donors (Lipinski definition) is 0. The van der Waals surface area contributed by atoms with Crippen LogP contribution in [0.4, 0.5) is 0 Å². The fraction of sp³-hybridized carbons (Fsp3) is 0.0588. The van der Waals surface area contributed by atoms with Crippen LogP contribution in [0.5, 0.6) is 0 Å². The minimum atomic E-state index is -0.448. The van der Waals surface area contributed by atoms with E-state index < -0.39 is 18.3 Å². The average Bonchev–Trinajstić information content (AvgIpc) is 1.44. The Morgan fingerprint density at radius 2 is 0.537 bits per heavy atom. The summed E-state index contributed by atoms with van der Waals surface area (Å²) < 4.78 is 19.2. The van der Waals surface area contributed by atoms with Gasteiger partial charge < -0.3 is 18.4 Å². The molecule has 4 nitrogen and oxygen atoms in total. The molecule has 0 saturated carbocycles. The van der Waals surface area contributed by atoms with Gasteiger partial charge in [-0.3, -0.25) is 0 Å². The Labute approximate surface area is 637 Å². The maximum absolute atomic E-state index is 6.57. The zero-order chi connectivity index (χ0) is 72.6. The van der Waals surface area contributed by atoms with E-state index >= 15 is 0 Å². The molecule has 1 aliphatic heterocycles. The summed E-state index contributed by atoms with van der Waals surface area (Å²) in [5.41, 5.74) is 19.7. The minimum Gasteiger partial charge on any atom is -0.399 e. The van der Waals surface area contributed by atoms with Crippen LogP contribution in [0, 0.1) is 0 Å². The van der Waals surface area contributed by atoms with Gasteiger partial charge >= 0.3 is 7.12 Å². The Morgan fingerprint density at radius 3 is 0.935 bits per heavy atom. The first-order valence-corrected chi connectivity index (χ1v) is 38.1. The number of rotatable bonds is 8. The highest BCUT2D eigenvalue weighted by Crippen LogP contribution is 2.50. The van der Waals surface area contributed by atoms with Crippen LogP contribution in [-0.4, -0.2) is 27.5 Å². The van der Waals surface area contributed by atoms with E-state index in [1.807, 2.05) is 0 Å². The lowest BCUT2D eigenvalue weighted by Crippen LogP contribution is -2.41. The van der Waals surface area contributed by atoms with Crippen LogP contribution in [0.25, 0.3) is 175 Å². The summed E-state index contributed by atoms with van der Waals surface area (Å²) in [5.74, 6) is 0. The molecule has 1 aliphatic rings. The number of nitrogens with zero attached hydrogens (tertiary/aromatic N) is 2. The van der Waals surface area contributed by atoms with Crippen LogP contribution in [0.1, 0.15) is 27.7 Å². The summed E-state index contributed by atoms with van der Waals surface area (Å²) in [6.45, 7) is 8.44. The van der Waals surface area contributed by atoms with Gasteiger partial charge in [-0.2, -0.15) is 0 Å². The highest BCUT2D eigenvalue weighted by molar-refractivity contribution is 9.10. The van der Waals surface area contributed by atoms with E-state index in [0.717, 1.165) is 27.7 Å². The number of aromatic nitrogens is 2. The minimum absolute atomic E-state index is 0.412. The summed E-state index contributed by atoms with van der Waals surface area (Å²) in [7, 11) is -0.448. The van der Waals surface area contributed by atoms with Gasteiger partial charge in [0.1, 0.15) is 0 Å². The van der Waals surface area contributed by atoms with Crippen LogP contribution in [0.3, 0.4) is 0 Å². The molecule has 514 valence electrons. The summed E-state index contributed by atoms with van der Waals surface area (Å²) >= 11 is 3.79. The van der Waals surface area contributed by atoms with Gasteiger partial charge in [-0.25, -0.2) is 0 Å². The second-order valence-electron chi connectivity index (χ2n) is 29.2. The lowest BCUT2D eigenvalue weighted by molar-refractivity contribution is 0.00578. The Balaban J connectivity index is 0.000000119. The Morgan fingerprint density at radius 1 is 0.241 bits per heavy atom. The van der Waals surface area contributed by atoms with E-state index in [9.17, 15) is 0 Å². The molecule has 21 rings (SSSR count). The summed E-state index contributed by atoms with van der Waals surface area (Å²) in [6.07, 6.45) is 0. The first-order chi connectivity index (χ1) is 53.0. The van der Waals surface area contributed by atoms with Gasteiger partial charge in [-0.15, -0.1) is 0 Å². The fourth-order valence-electron chi connectivity index (χ4n) is 16.8. The third-order valence-corrected chi connectivity index (χ3v) is 23.4. The van der Waals surface area contributed by atoms with Crippen LogP contribution in [0.2, 0.25) is 0 Å². The van der Waals surface area contributed by atoms with Gasteiger partial charge in [-0.1, -0.05) is 328 Å². The lowest BCUT2D eigenvalue weighted by Gasteiger charge is -2.32. The lowest BCUT2D eigenvalue weighted by atomic mass is 9.75.